The van der Waals surface area contributed by atoms with Gasteiger partial charge in [0, 0.05) is 11.3 Å². The van der Waals surface area contributed by atoms with Gasteiger partial charge in [-0.15, -0.1) is 11.3 Å². The molecule has 0 aliphatic rings. The van der Waals surface area contributed by atoms with E-state index in [2.05, 4.69) is 0 Å². The molecular weight excluding hydrogens is 214 g/mol. The molecule has 0 amide bonds. The standard InChI is InChI=1S/C10H13NO3S/c1-2-6-3-4-9(15-6)8(12)5-7(11)10(13)14/h3-4,7H,2,5,11H2,1H3,(H,13,14)/t7-/m1/s1. The van der Waals surface area contributed by atoms with E-state index >= 15 is 0 Å². The van der Waals surface area contributed by atoms with Crippen molar-refractivity contribution in [3.05, 3.63) is 21.9 Å². The fourth-order valence-corrected chi connectivity index (χ4v) is 2.00. The zero-order valence-electron chi connectivity index (χ0n) is 8.40. The average Bonchev–Trinajstić information content (AvgIpc) is 2.65. The van der Waals surface area contributed by atoms with Gasteiger partial charge in [-0.25, -0.2) is 0 Å². The molecule has 82 valence electrons. The maximum absolute atomic E-state index is 11.6. The molecule has 5 heteroatoms. The summed E-state index contributed by atoms with van der Waals surface area (Å²) in [5.41, 5.74) is 5.28. The first-order chi connectivity index (χ1) is 7.04. The summed E-state index contributed by atoms with van der Waals surface area (Å²) < 4.78 is 0. The molecule has 0 radical (unpaired) electrons. The van der Waals surface area contributed by atoms with Crippen LogP contribution in [0.4, 0.5) is 0 Å². The van der Waals surface area contributed by atoms with Gasteiger partial charge in [-0.05, 0) is 18.6 Å². The van der Waals surface area contributed by atoms with Gasteiger partial charge in [0.1, 0.15) is 6.04 Å². The molecule has 1 heterocycles. The first kappa shape index (κ1) is 11.9. The van der Waals surface area contributed by atoms with Gasteiger partial charge < -0.3 is 10.8 Å². The van der Waals surface area contributed by atoms with E-state index in [1.165, 1.54) is 11.3 Å². The van der Waals surface area contributed by atoms with Crippen LogP contribution in [0.1, 0.15) is 27.9 Å². The molecule has 0 aliphatic carbocycles. The molecule has 4 nitrogen and oxygen atoms in total. The fraction of sp³-hybridized carbons (Fsp3) is 0.400. The van der Waals surface area contributed by atoms with Crippen LogP contribution in [0.2, 0.25) is 0 Å². The summed E-state index contributed by atoms with van der Waals surface area (Å²) >= 11 is 1.40. The van der Waals surface area contributed by atoms with Crippen molar-refractivity contribution in [3.63, 3.8) is 0 Å². The zero-order chi connectivity index (χ0) is 11.4. The third kappa shape index (κ3) is 3.14. The molecule has 1 aromatic rings. The number of carboxylic acids is 1. The highest BCUT2D eigenvalue weighted by Crippen LogP contribution is 2.18. The monoisotopic (exact) mass is 227 g/mol. The van der Waals surface area contributed by atoms with Crippen molar-refractivity contribution in [1.29, 1.82) is 0 Å². The number of nitrogens with two attached hydrogens (primary N) is 1. The van der Waals surface area contributed by atoms with Crippen molar-refractivity contribution in [1.82, 2.24) is 0 Å². The predicted molar refractivity (Wildman–Crippen MR) is 58.3 cm³/mol. The Morgan fingerprint density at radius 3 is 2.67 bits per heavy atom. The summed E-state index contributed by atoms with van der Waals surface area (Å²) in [6.07, 6.45) is 0.738. The molecule has 0 unspecified atom stereocenters. The van der Waals surface area contributed by atoms with Gasteiger partial charge in [-0.3, -0.25) is 9.59 Å². The molecule has 1 aromatic heterocycles. The minimum Gasteiger partial charge on any atom is -0.480 e. The van der Waals surface area contributed by atoms with Crippen LogP contribution in [0, 0.1) is 0 Å². The van der Waals surface area contributed by atoms with Gasteiger partial charge in [0.15, 0.2) is 5.78 Å². The quantitative estimate of drug-likeness (QED) is 0.743. The summed E-state index contributed by atoms with van der Waals surface area (Å²) in [5, 5.41) is 8.56. The third-order valence-corrected chi connectivity index (χ3v) is 3.28. The molecule has 1 rings (SSSR count). The summed E-state index contributed by atoms with van der Waals surface area (Å²) in [7, 11) is 0. The Labute approximate surface area is 91.7 Å². The normalized spacial score (nSPS) is 12.4. The minimum absolute atomic E-state index is 0.140. The Balaban J connectivity index is 2.65. The van der Waals surface area contributed by atoms with Crippen molar-refractivity contribution >= 4 is 23.1 Å². The highest BCUT2D eigenvalue weighted by Gasteiger charge is 2.18. The van der Waals surface area contributed by atoms with Crippen LogP contribution >= 0.6 is 11.3 Å². The van der Waals surface area contributed by atoms with Crippen molar-refractivity contribution in [3.8, 4) is 0 Å². The van der Waals surface area contributed by atoms with E-state index in [1.807, 2.05) is 13.0 Å². The predicted octanol–water partition coefficient (Wildman–Crippen LogP) is 1.30. The Bertz CT molecular complexity index is 372. The van der Waals surface area contributed by atoms with Crippen LogP contribution in [-0.2, 0) is 11.2 Å². The number of aryl methyl sites for hydroxylation is 1. The van der Waals surface area contributed by atoms with E-state index in [1.54, 1.807) is 6.07 Å². The van der Waals surface area contributed by atoms with E-state index in [9.17, 15) is 9.59 Å². The Kier molecular flexibility index (Phi) is 3.99. The summed E-state index contributed by atoms with van der Waals surface area (Å²) in [4.78, 5) is 23.7. The van der Waals surface area contributed by atoms with Crippen molar-refractivity contribution in [2.24, 2.45) is 5.73 Å². The molecule has 0 aromatic carbocycles. The first-order valence-corrected chi connectivity index (χ1v) is 5.46. The number of hydrogen-bond acceptors (Lipinski definition) is 4. The maximum atomic E-state index is 11.6. The molecule has 0 fully saturated rings. The number of rotatable bonds is 5. The molecule has 0 bridgehead atoms. The van der Waals surface area contributed by atoms with E-state index < -0.39 is 12.0 Å². The summed E-state index contributed by atoms with van der Waals surface area (Å²) in [6, 6.07) is 2.49. The van der Waals surface area contributed by atoms with Gasteiger partial charge in [0.05, 0.1) is 4.88 Å². The lowest BCUT2D eigenvalue weighted by atomic mass is 10.1. The lowest BCUT2D eigenvalue weighted by Gasteiger charge is -2.03. The molecular formula is C10H13NO3S. The van der Waals surface area contributed by atoms with Crippen LogP contribution in [0.3, 0.4) is 0 Å². The molecule has 0 spiro atoms. The van der Waals surface area contributed by atoms with Gasteiger partial charge in [0.25, 0.3) is 0 Å². The smallest absolute Gasteiger partial charge is 0.320 e. The number of carbonyl (C=O) groups is 2. The van der Waals surface area contributed by atoms with Crippen molar-refractivity contribution < 1.29 is 14.7 Å². The highest BCUT2D eigenvalue weighted by atomic mass is 32.1. The summed E-state index contributed by atoms with van der Waals surface area (Å²) in [6.45, 7) is 2.00. The second-order valence-corrected chi connectivity index (χ2v) is 4.36. The van der Waals surface area contributed by atoms with Crippen LogP contribution in [0.15, 0.2) is 12.1 Å². The van der Waals surface area contributed by atoms with Crippen LogP contribution < -0.4 is 5.73 Å². The first-order valence-electron chi connectivity index (χ1n) is 4.65. The molecule has 0 aliphatic heterocycles. The Morgan fingerprint density at radius 2 is 2.20 bits per heavy atom. The zero-order valence-corrected chi connectivity index (χ0v) is 9.21. The van der Waals surface area contributed by atoms with Gasteiger partial charge >= 0.3 is 5.97 Å². The number of carbonyl (C=O) groups excluding carboxylic acids is 1. The van der Waals surface area contributed by atoms with E-state index in [-0.39, 0.29) is 12.2 Å². The number of Topliss-reactive ketones (excluding diaryl/α,β-unsaturated/α-hetero) is 1. The Morgan fingerprint density at radius 1 is 1.53 bits per heavy atom. The third-order valence-electron chi connectivity index (χ3n) is 2.01. The molecule has 15 heavy (non-hydrogen) atoms. The van der Waals surface area contributed by atoms with E-state index in [0.717, 1.165) is 11.3 Å². The van der Waals surface area contributed by atoms with Gasteiger partial charge in [0.2, 0.25) is 0 Å². The van der Waals surface area contributed by atoms with Crippen LogP contribution in [0.25, 0.3) is 0 Å². The Hall–Kier alpha value is -1.20. The number of aliphatic carboxylic acids is 1. The van der Waals surface area contributed by atoms with Crippen LogP contribution in [-0.4, -0.2) is 22.9 Å². The van der Waals surface area contributed by atoms with Crippen molar-refractivity contribution in [2.75, 3.05) is 0 Å². The largest absolute Gasteiger partial charge is 0.480 e. The summed E-state index contributed by atoms with van der Waals surface area (Å²) in [5.74, 6) is -1.34. The number of carboxylic acid groups (broad SMARTS) is 1. The molecule has 3 N–H and O–H groups in total. The average molecular weight is 227 g/mol. The number of hydrogen-bond donors (Lipinski definition) is 2. The SMILES string of the molecule is CCc1ccc(C(=O)C[C@@H](N)C(=O)O)s1. The van der Waals surface area contributed by atoms with Gasteiger partial charge in [-0.2, -0.15) is 0 Å². The number of ketones is 1. The molecule has 0 saturated carbocycles. The lowest BCUT2D eigenvalue weighted by molar-refractivity contribution is -0.138. The maximum Gasteiger partial charge on any atom is 0.320 e. The second-order valence-electron chi connectivity index (χ2n) is 3.19. The topological polar surface area (TPSA) is 80.4 Å². The van der Waals surface area contributed by atoms with Gasteiger partial charge in [-0.1, -0.05) is 6.92 Å². The molecule has 1 atom stereocenters. The fourth-order valence-electron chi connectivity index (χ4n) is 1.11. The second kappa shape index (κ2) is 5.04. The minimum atomic E-state index is -1.14. The lowest BCUT2D eigenvalue weighted by Crippen LogP contribution is -2.32. The van der Waals surface area contributed by atoms with Crippen molar-refractivity contribution in [2.45, 2.75) is 25.8 Å². The van der Waals surface area contributed by atoms with E-state index in [0.29, 0.717) is 4.88 Å². The number of thiophene rings is 1. The van der Waals surface area contributed by atoms with E-state index in [4.69, 9.17) is 10.8 Å². The van der Waals surface area contributed by atoms with Crippen LogP contribution in [0.5, 0.6) is 0 Å². The molecule has 0 saturated heterocycles. The highest BCUT2D eigenvalue weighted by molar-refractivity contribution is 7.14.